The lowest BCUT2D eigenvalue weighted by Crippen LogP contribution is -2.56. The zero-order valence-electron chi connectivity index (χ0n) is 13.4. The quantitative estimate of drug-likeness (QED) is 0.749. The number of carbonyl (C=O) groups is 1. The number of nitrogens with one attached hydrogen (secondary N) is 2. The third-order valence-corrected chi connectivity index (χ3v) is 5.32. The molecule has 0 spiro atoms. The number of hydrogen-bond acceptors (Lipinski definition) is 5. The van der Waals surface area contributed by atoms with Gasteiger partial charge in [0.1, 0.15) is 0 Å². The maximum atomic E-state index is 12.1. The topological polar surface area (TPSA) is 77.5 Å². The highest BCUT2D eigenvalue weighted by molar-refractivity contribution is 7.13. The molecule has 1 aliphatic rings. The molecule has 3 N–H and O–H groups in total. The second-order valence-corrected chi connectivity index (χ2v) is 6.89. The Morgan fingerprint density at radius 2 is 2.18 bits per heavy atom. The first-order valence-electron chi connectivity index (χ1n) is 7.85. The molecule has 0 unspecified atom stereocenters. The fraction of sp³-hybridized carbons (Fsp3) is 0.733. The van der Waals surface area contributed by atoms with E-state index >= 15 is 0 Å². The van der Waals surface area contributed by atoms with Crippen LogP contribution in [0.15, 0.2) is 5.38 Å². The average molecular weight is 326 g/mol. The standard InChI is InChI=1S/C15H26N4O2S/c1-12-10-22-14(17-12)18-13(21)16-11-15(19(2)8-9-20)6-4-3-5-7-15/h10,20H,3-9,11H2,1-2H3,(H2,16,17,18,21). The number of likely N-dealkylation sites (N-methyl/N-ethyl adjacent to an activating group) is 1. The lowest BCUT2D eigenvalue weighted by Gasteiger charge is -2.44. The highest BCUT2D eigenvalue weighted by atomic mass is 32.1. The fourth-order valence-corrected chi connectivity index (χ4v) is 3.77. The lowest BCUT2D eigenvalue weighted by molar-refractivity contribution is 0.0605. The summed E-state index contributed by atoms with van der Waals surface area (Å²) < 4.78 is 0. The van der Waals surface area contributed by atoms with Crippen LogP contribution in [0.1, 0.15) is 37.8 Å². The van der Waals surface area contributed by atoms with Gasteiger partial charge in [0.2, 0.25) is 0 Å². The van der Waals surface area contributed by atoms with E-state index in [0.717, 1.165) is 18.5 Å². The van der Waals surface area contributed by atoms with E-state index < -0.39 is 0 Å². The van der Waals surface area contributed by atoms with Gasteiger partial charge in [0.15, 0.2) is 5.13 Å². The third kappa shape index (κ3) is 4.41. The van der Waals surface area contributed by atoms with Gasteiger partial charge in [0.05, 0.1) is 12.3 Å². The van der Waals surface area contributed by atoms with Crippen LogP contribution in [0.3, 0.4) is 0 Å². The summed E-state index contributed by atoms with van der Waals surface area (Å²) in [6, 6.07) is -0.211. The molecule has 0 saturated heterocycles. The normalized spacial score (nSPS) is 17.5. The largest absolute Gasteiger partial charge is 0.395 e. The van der Waals surface area contributed by atoms with Crippen molar-refractivity contribution in [1.82, 2.24) is 15.2 Å². The van der Waals surface area contributed by atoms with Gasteiger partial charge in [-0.1, -0.05) is 19.3 Å². The number of rotatable bonds is 6. The Bertz CT molecular complexity index is 486. The number of aliphatic hydroxyl groups is 1. The summed E-state index contributed by atoms with van der Waals surface area (Å²) in [4.78, 5) is 18.5. The smallest absolute Gasteiger partial charge is 0.321 e. The van der Waals surface area contributed by atoms with E-state index in [2.05, 4.69) is 20.5 Å². The van der Waals surface area contributed by atoms with Gasteiger partial charge in [0, 0.05) is 24.0 Å². The number of anilines is 1. The van der Waals surface area contributed by atoms with Crippen LogP contribution in [-0.2, 0) is 0 Å². The number of nitrogens with zero attached hydrogens (tertiary/aromatic N) is 2. The van der Waals surface area contributed by atoms with Crippen LogP contribution in [0, 0.1) is 6.92 Å². The Morgan fingerprint density at radius 1 is 1.45 bits per heavy atom. The number of urea groups is 1. The van der Waals surface area contributed by atoms with E-state index in [9.17, 15) is 9.90 Å². The molecule has 124 valence electrons. The first kappa shape index (κ1) is 17.2. The van der Waals surface area contributed by atoms with E-state index in [4.69, 9.17) is 0 Å². The second kappa shape index (κ2) is 7.89. The molecule has 6 nitrogen and oxygen atoms in total. The average Bonchev–Trinajstić information content (AvgIpc) is 2.91. The van der Waals surface area contributed by atoms with Crippen LogP contribution in [-0.4, -0.2) is 53.3 Å². The zero-order chi connectivity index (χ0) is 16.0. The Hall–Kier alpha value is -1.18. The molecule has 1 aromatic heterocycles. The van der Waals surface area contributed by atoms with Gasteiger partial charge in [-0.2, -0.15) is 0 Å². The summed E-state index contributed by atoms with van der Waals surface area (Å²) in [5.74, 6) is 0. The highest BCUT2D eigenvalue weighted by Gasteiger charge is 2.36. The molecule has 0 atom stereocenters. The molecule has 1 aliphatic carbocycles. The summed E-state index contributed by atoms with van der Waals surface area (Å²) in [6.45, 7) is 3.28. The molecule has 7 heteroatoms. The molecule has 1 aromatic rings. The molecule has 1 fully saturated rings. The van der Waals surface area contributed by atoms with Gasteiger partial charge < -0.3 is 10.4 Å². The minimum absolute atomic E-state index is 0.0445. The number of aromatic nitrogens is 1. The Labute approximate surface area is 135 Å². The molecule has 1 heterocycles. The predicted octanol–water partition coefficient (Wildman–Crippen LogP) is 2.20. The van der Waals surface area contributed by atoms with E-state index in [1.54, 1.807) is 0 Å². The van der Waals surface area contributed by atoms with Crippen molar-refractivity contribution < 1.29 is 9.90 Å². The lowest BCUT2D eigenvalue weighted by atomic mass is 9.80. The van der Waals surface area contributed by atoms with Crippen LogP contribution in [0.25, 0.3) is 0 Å². The molecule has 1 saturated carbocycles. The summed E-state index contributed by atoms with van der Waals surface area (Å²) in [5.41, 5.74) is 0.864. The van der Waals surface area contributed by atoms with Gasteiger partial charge >= 0.3 is 6.03 Å². The van der Waals surface area contributed by atoms with Crippen LogP contribution in [0.2, 0.25) is 0 Å². The van der Waals surface area contributed by atoms with Crippen molar-refractivity contribution in [2.75, 3.05) is 32.1 Å². The second-order valence-electron chi connectivity index (χ2n) is 6.03. The fourth-order valence-electron chi connectivity index (χ4n) is 3.09. The van der Waals surface area contributed by atoms with Gasteiger partial charge in [0.25, 0.3) is 0 Å². The molecule has 0 bridgehead atoms. The monoisotopic (exact) mass is 326 g/mol. The first-order valence-corrected chi connectivity index (χ1v) is 8.73. The zero-order valence-corrected chi connectivity index (χ0v) is 14.2. The first-order chi connectivity index (χ1) is 10.6. The van der Waals surface area contributed by atoms with Crippen molar-refractivity contribution >= 4 is 22.5 Å². The Balaban J connectivity index is 1.91. The molecule has 0 aliphatic heterocycles. The third-order valence-electron chi connectivity index (χ3n) is 4.45. The van der Waals surface area contributed by atoms with Gasteiger partial charge in [-0.15, -0.1) is 11.3 Å². The van der Waals surface area contributed by atoms with E-state index in [-0.39, 0.29) is 18.2 Å². The number of carbonyl (C=O) groups excluding carboxylic acids is 1. The summed E-state index contributed by atoms with van der Waals surface area (Å²) in [6.07, 6.45) is 5.70. The molecule has 22 heavy (non-hydrogen) atoms. The molecular weight excluding hydrogens is 300 g/mol. The summed E-state index contributed by atoms with van der Waals surface area (Å²) in [5, 5.41) is 17.5. The molecule has 2 amide bonds. The predicted molar refractivity (Wildman–Crippen MR) is 89.4 cm³/mol. The van der Waals surface area contributed by atoms with Crippen molar-refractivity contribution in [3.63, 3.8) is 0 Å². The molecule has 0 radical (unpaired) electrons. The van der Waals surface area contributed by atoms with Crippen LogP contribution in [0.4, 0.5) is 9.93 Å². The number of hydrogen-bond donors (Lipinski definition) is 3. The molecular formula is C15H26N4O2S. The number of amides is 2. The maximum absolute atomic E-state index is 12.1. The maximum Gasteiger partial charge on any atom is 0.321 e. The van der Waals surface area contributed by atoms with E-state index in [1.165, 1.54) is 30.6 Å². The number of aliphatic hydroxyl groups excluding tert-OH is 1. The number of aryl methyl sites for hydroxylation is 1. The minimum atomic E-state index is -0.211. The van der Waals surface area contributed by atoms with E-state index in [0.29, 0.717) is 18.2 Å². The van der Waals surface area contributed by atoms with E-state index in [1.807, 2.05) is 19.4 Å². The van der Waals surface area contributed by atoms with Gasteiger partial charge in [-0.05, 0) is 26.8 Å². The van der Waals surface area contributed by atoms with Gasteiger partial charge in [-0.25, -0.2) is 9.78 Å². The van der Waals surface area contributed by atoms with Crippen LogP contribution < -0.4 is 10.6 Å². The number of β-amino-alcohol motifs (C(OH)–C–C–N with tert-alkyl or cyclic N) is 1. The highest BCUT2D eigenvalue weighted by Crippen LogP contribution is 2.32. The Morgan fingerprint density at radius 3 is 2.77 bits per heavy atom. The van der Waals surface area contributed by atoms with Crippen LogP contribution in [0.5, 0.6) is 0 Å². The van der Waals surface area contributed by atoms with Crippen molar-refractivity contribution in [2.45, 2.75) is 44.6 Å². The van der Waals surface area contributed by atoms with Crippen LogP contribution >= 0.6 is 11.3 Å². The van der Waals surface area contributed by atoms with Gasteiger partial charge in [-0.3, -0.25) is 10.2 Å². The summed E-state index contributed by atoms with van der Waals surface area (Å²) >= 11 is 1.43. The van der Waals surface area contributed by atoms with Crippen molar-refractivity contribution in [2.24, 2.45) is 0 Å². The molecule has 0 aromatic carbocycles. The summed E-state index contributed by atoms with van der Waals surface area (Å²) in [7, 11) is 2.03. The minimum Gasteiger partial charge on any atom is -0.395 e. The van der Waals surface area contributed by atoms with Crippen molar-refractivity contribution in [3.05, 3.63) is 11.1 Å². The molecule has 2 rings (SSSR count). The van der Waals surface area contributed by atoms with Crippen molar-refractivity contribution in [1.29, 1.82) is 0 Å². The SMILES string of the molecule is Cc1csc(NC(=O)NCC2(N(C)CCO)CCCCC2)n1. The number of thiazole rings is 1. The Kier molecular flexibility index (Phi) is 6.16. The van der Waals surface area contributed by atoms with Crippen molar-refractivity contribution in [3.8, 4) is 0 Å².